The second kappa shape index (κ2) is 11.8. The Morgan fingerprint density at radius 2 is 1.20 bits per heavy atom. The van der Waals surface area contributed by atoms with Gasteiger partial charge in [0, 0.05) is 31.3 Å². The first kappa shape index (κ1) is 29.2. The van der Waals surface area contributed by atoms with Crippen LogP contribution in [0.2, 0.25) is 0 Å². The lowest BCUT2D eigenvalue weighted by molar-refractivity contribution is -0.0440. The second-order valence-corrected chi connectivity index (χ2v) is 13.3. The van der Waals surface area contributed by atoms with E-state index in [-0.39, 0.29) is 46.2 Å². The Morgan fingerprint density at radius 1 is 0.750 bits per heavy atom. The number of carbonyl (C=O) groups excluding carboxylic acids is 2. The van der Waals surface area contributed by atoms with Crippen molar-refractivity contribution >= 4 is 37.5 Å². The molecule has 2 atom stereocenters. The standard InChI is InChI=1S/C27H30N4O7S2/c1-19-17-31(18-20(2)38-19)40(36,37)25-15-11-22(12-16-25)27(33)29-28-26(32)21-9-13-24(14-10-21)39(34,35)30(3)23-7-5-4-6-8-23/h4-16,19-20H,17-18H2,1-3H3,(H,28,32)(H,29,33)/t19-,20-/m0/s1. The molecule has 11 nitrogen and oxygen atoms in total. The van der Waals surface area contributed by atoms with Gasteiger partial charge in [-0.25, -0.2) is 16.8 Å². The quantitative estimate of drug-likeness (QED) is 0.405. The topological polar surface area (TPSA) is 142 Å². The van der Waals surface area contributed by atoms with Gasteiger partial charge in [-0.1, -0.05) is 18.2 Å². The van der Waals surface area contributed by atoms with E-state index in [0.717, 1.165) is 4.31 Å². The van der Waals surface area contributed by atoms with Gasteiger partial charge in [0.2, 0.25) is 10.0 Å². The third-order valence-electron chi connectivity index (χ3n) is 6.32. The summed E-state index contributed by atoms with van der Waals surface area (Å²) in [6, 6.07) is 19.2. The zero-order valence-electron chi connectivity index (χ0n) is 22.1. The average molecular weight is 587 g/mol. The minimum atomic E-state index is -3.84. The van der Waals surface area contributed by atoms with Crippen LogP contribution in [-0.2, 0) is 24.8 Å². The van der Waals surface area contributed by atoms with E-state index in [1.165, 1.54) is 59.9 Å². The molecule has 0 aliphatic carbocycles. The van der Waals surface area contributed by atoms with Crippen LogP contribution < -0.4 is 15.2 Å². The van der Waals surface area contributed by atoms with Crippen molar-refractivity contribution in [3.8, 4) is 0 Å². The minimum Gasteiger partial charge on any atom is -0.373 e. The molecule has 2 N–H and O–H groups in total. The molecule has 0 spiro atoms. The molecule has 3 aromatic rings. The molecule has 4 rings (SSSR count). The molecule has 0 saturated carbocycles. The number of hydrazine groups is 1. The monoisotopic (exact) mass is 586 g/mol. The van der Waals surface area contributed by atoms with Crippen molar-refractivity contribution in [1.29, 1.82) is 0 Å². The van der Waals surface area contributed by atoms with Gasteiger partial charge >= 0.3 is 0 Å². The van der Waals surface area contributed by atoms with Gasteiger partial charge in [-0.2, -0.15) is 4.31 Å². The molecule has 212 valence electrons. The molecular formula is C27H30N4O7S2. The van der Waals surface area contributed by atoms with Gasteiger partial charge in [-0.15, -0.1) is 0 Å². The fourth-order valence-electron chi connectivity index (χ4n) is 4.23. The molecule has 1 saturated heterocycles. The fraction of sp³-hybridized carbons (Fsp3) is 0.259. The molecule has 0 aromatic heterocycles. The smallest absolute Gasteiger partial charge is 0.269 e. The molecule has 0 radical (unpaired) electrons. The van der Waals surface area contributed by atoms with E-state index < -0.39 is 31.9 Å². The first-order valence-electron chi connectivity index (χ1n) is 12.4. The third-order valence-corrected chi connectivity index (χ3v) is 9.97. The van der Waals surface area contributed by atoms with Crippen molar-refractivity contribution in [2.75, 3.05) is 24.4 Å². The Labute approximate surface area is 233 Å². The van der Waals surface area contributed by atoms with E-state index >= 15 is 0 Å². The van der Waals surface area contributed by atoms with Crippen molar-refractivity contribution in [3.63, 3.8) is 0 Å². The molecule has 13 heteroatoms. The molecule has 1 heterocycles. The number of sulfonamides is 2. The van der Waals surface area contributed by atoms with E-state index in [2.05, 4.69) is 10.9 Å². The highest BCUT2D eigenvalue weighted by Gasteiger charge is 2.32. The molecule has 1 fully saturated rings. The van der Waals surface area contributed by atoms with E-state index in [0.29, 0.717) is 5.69 Å². The Morgan fingerprint density at radius 3 is 1.68 bits per heavy atom. The number of morpholine rings is 1. The summed E-state index contributed by atoms with van der Waals surface area (Å²) in [5, 5.41) is 0. The highest BCUT2D eigenvalue weighted by atomic mass is 32.2. The number of nitrogens with one attached hydrogen (secondary N) is 2. The SMILES string of the molecule is C[C@H]1CN(S(=O)(=O)c2ccc(C(=O)NNC(=O)c3ccc(S(=O)(=O)N(C)c4ccccc4)cc3)cc2)C[C@H](C)O1. The lowest BCUT2D eigenvalue weighted by atomic mass is 10.2. The van der Waals surface area contributed by atoms with Gasteiger partial charge in [0.05, 0.1) is 27.7 Å². The van der Waals surface area contributed by atoms with Crippen molar-refractivity contribution in [2.45, 2.75) is 35.8 Å². The summed E-state index contributed by atoms with van der Waals surface area (Å²) in [5.74, 6) is -1.32. The normalized spacial score (nSPS) is 18.1. The Bertz CT molecular complexity index is 1570. The van der Waals surface area contributed by atoms with Crippen LogP contribution in [0.5, 0.6) is 0 Å². The summed E-state index contributed by atoms with van der Waals surface area (Å²) in [4.78, 5) is 25.1. The zero-order valence-corrected chi connectivity index (χ0v) is 23.8. The Balaban J connectivity index is 1.36. The molecule has 40 heavy (non-hydrogen) atoms. The molecule has 1 aliphatic heterocycles. The molecule has 3 aromatic carbocycles. The van der Waals surface area contributed by atoms with Crippen LogP contribution in [0.3, 0.4) is 0 Å². The first-order valence-corrected chi connectivity index (χ1v) is 15.3. The summed E-state index contributed by atoms with van der Waals surface area (Å²) in [7, 11) is -6.17. The maximum Gasteiger partial charge on any atom is 0.269 e. The Kier molecular flexibility index (Phi) is 8.59. The number of anilines is 1. The number of para-hydroxylation sites is 1. The van der Waals surface area contributed by atoms with Gasteiger partial charge in [-0.05, 0) is 74.5 Å². The molecule has 0 bridgehead atoms. The van der Waals surface area contributed by atoms with Crippen LogP contribution >= 0.6 is 0 Å². The van der Waals surface area contributed by atoms with Crippen LogP contribution in [0.4, 0.5) is 5.69 Å². The van der Waals surface area contributed by atoms with Crippen molar-refractivity contribution < 1.29 is 31.2 Å². The molecule has 2 amide bonds. The number of ether oxygens (including phenoxy) is 1. The van der Waals surface area contributed by atoms with Crippen LogP contribution in [0, 0.1) is 0 Å². The lowest BCUT2D eigenvalue weighted by Crippen LogP contribution is -2.48. The van der Waals surface area contributed by atoms with E-state index in [4.69, 9.17) is 4.74 Å². The second-order valence-electron chi connectivity index (χ2n) is 9.34. The van der Waals surface area contributed by atoms with Crippen molar-refractivity contribution in [1.82, 2.24) is 15.2 Å². The summed E-state index contributed by atoms with van der Waals surface area (Å²) in [6.07, 6.45) is -0.466. The predicted molar refractivity (Wildman–Crippen MR) is 149 cm³/mol. The maximum atomic E-state index is 13.0. The summed E-state index contributed by atoms with van der Waals surface area (Å²) < 4.78 is 59.9. The minimum absolute atomic E-state index is 0.00419. The van der Waals surface area contributed by atoms with E-state index in [1.807, 2.05) is 0 Å². The van der Waals surface area contributed by atoms with Gasteiger partial charge in [0.1, 0.15) is 0 Å². The first-order chi connectivity index (χ1) is 18.9. The third kappa shape index (κ3) is 6.33. The van der Waals surface area contributed by atoms with Crippen molar-refractivity contribution in [3.05, 3.63) is 90.0 Å². The Hall–Kier alpha value is -3.78. The summed E-state index contributed by atoms with van der Waals surface area (Å²) >= 11 is 0. The van der Waals surface area contributed by atoms with Crippen molar-refractivity contribution in [2.24, 2.45) is 0 Å². The lowest BCUT2D eigenvalue weighted by Gasteiger charge is -2.34. The largest absolute Gasteiger partial charge is 0.373 e. The average Bonchev–Trinajstić information content (AvgIpc) is 2.95. The summed E-state index contributed by atoms with van der Waals surface area (Å²) in [5.41, 5.74) is 5.29. The number of benzene rings is 3. The van der Waals surface area contributed by atoms with Gasteiger partial charge in [-0.3, -0.25) is 24.7 Å². The number of hydrogen-bond acceptors (Lipinski definition) is 7. The van der Waals surface area contributed by atoms with E-state index in [9.17, 15) is 26.4 Å². The number of rotatable bonds is 7. The number of nitrogens with zero attached hydrogens (tertiary/aromatic N) is 2. The highest BCUT2D eigenvalue weighted by molar-refractivity contribution is 7.92. The number of amides is 2. The van der Waals surface area contributed by atoms with Gasteiger partial charge in [0.15, 0.2) is 0 Å². The molecule has 1 aliphatic rings. The fourth-order valence-corrected chi connectivity index (χ4v) is 7.01. The summed E-state index contributed by atoms with van der Waals surface area (Å²) in [6.45, 7) is 4.08. The zero-order chi connectivity index (χ0) is 29.1. The van der Waals surface area contributed by atoms with E-state index in [1.54, 1.807) is 44.2 Å². The van der Waals surface area contributed by atoms with Crippen LogP contribution in [0.25, 0.3) is 0 Å². The van der Waals surface area contributed by atoms with Gasteiger partial charge in [0.25, 0.3) is 21.8 Å². The molecular weight excluding hydrogens is 556 g/mol. The molecule has 0 unspecified atom stereocenters. The number of hydrogen-bond donors (Lipinski definition) is 2. The van der Waals surface area contributed by atoms with Crippen LogP contribution in [0.1, 0.15) is 34.6 Å². The highest BCUT2D eigenvalue weighted by Crippen LogP contribution is 2.23. The van der Waals surface area contributed by atoms with Crippen LogP contribution in [0.15, 0.2) is 88.7 Å². The predicted octanol–water partition coefficient (Wildman–Crippen LogP) is 2.38. The maximum absolute atomic E-state index is 13.0. The number of carbonyl (C=O) groups is 2. The van der Waals surface area contributed by atoms with Gasteiger partial charge < -0.3 is 4.74 Å². The van der Waals surface area contributed by atoms with Crippen LogP contribution in [-0.4, -0.2) is 65.3 Å².